The quantitative estimate of drug-likeness (QED) is 0.716. The molecule has 0 aliphatic carbocycles. The van der Waals surface area contributed by atoms with Gasteiger partial charge in [-0.05, 0) is 18.1 Å². The van der Waals surface area contributed by atoms with Crippen LogP contribution in [0.1, 0.15) is 25.3 Å². The van der Waals surface area contributed by atoms with Crippen molar-refractivity contribution in [3.05, 3.63) is 41.9 Å². The monoisotopic (exact) mass is 191 g/mol. The van der Waals surface area contributed by atoms with Crippen LogP contribution in [0.3, 0.4) is 0 Å². The third-order valence-electron chi connectivity index (χ3n) is 2.70. The van der Waals surface area contributed by atoms with E-state index in [1.807, 2.05) is 6.07 Å². The predicted molar refractivity (Wildman–Crippen MR) is 56.7 cm³/mol. The van der Waals surface area contributed by atoms with Crippen molar-refractivity contribution in [2.45, 2.75) is 19.8 Å². The Balaban J connectivity index is 2.55. The second-order valence-corrected chi connectivity index (χ2v) is 4.07. The third-order valence-corrected chi connectivity index (χ3v) is 2.70. The number of nitrogens with one attached hydrogen (secondary N) is 1. The minimum Gasteiger partial charge on any atom is -0.359 e. The lowest BCUT2D eigenvalue weighted by Gasteiger charge is -2.16. The molecule has 0 aromatic heterocycles. The molecule has 2 rings (SSSR count). The van der Waals surface area contributed by atoms with Gasteiger partial charge in [0, 0.05) is 22.9 Å². The minimum atomic E-state index is -0.132. The third kappa shape index (κ3) is 1.22. The van der Waals surface area contributed by atoms with Crippen LogP contribution in [0.15, 0.2) is 30.5 Å². The van der Waals surface area contributed by atoms with Crippen LogP contribution < -0.4 is 5.32 Å². The van der Waals surface area contributed by atoms with Gasteiger partial charge in [-0.3, -0.25) is 0 Å². The van der Waals surface area contributed by atoms with E-state index in [1.165, 1.54) is 6.07 Å². The summed E-state index contributed by atoms with van der Waals surface area (Å²) in [5.41, 5.74) is 2.54. The van der Waals surface area contributed by atoms with Crippen molar-refractivity contribution in [2.24, 2.45) is 5.92 Å². The van der Waals surface area contributed by atoms with Gasteiger partial charge in [0.2, 0.25) is 0 Å². The molecule has 1 atom stereocenters. The van der Waals surface area contributed by atoms with Gasteiger partial charge in [-0.15, -0.1) is 0 Å². The first-order valence-electron chi connectivity index (χ1n) is 4.85. The van der Waals surface area contributed by atoms with Crippen molar-refractivity contribution < 1.29 is 4.39 Å². The van der Waals surface area contributed by atoms with Crippen LogP contribution in [0, 0.1) is 11.7 Å². The number of rotatable bonds is 1. The van der Waals surface area contributed by atoms with Gasteiger partial charge in [-0.1, -0.05) is 26.5 Å². The molecule has 1 nitrogen and oxygen atoms in total. The molecule has 1 aromatic carbocycles. The fraction of sp³-hybridized carbons (Fsp3) is 0.333. The Labute approximate surface area is 83.6 Å². The average molecular weight is 191 g/mol. The highest BCUT2D eigenvalue weighted by Crippen LogP contribution is 2.43. The van der Waals surface area contributed by atoms with Crippen LogP contribution in [0.25, 0.3) is 0 Å². The van der Waals surface area contributed by atoms with Crippen molar-refractivity contribution in [3.8, 4) is 0 Å². The Morgan fingerprint density at radius 3 is 2.79 bits per heavy atom. The molecule has 1 heterocycles. The molecule has 0 fully saturated rings. The van der Waals surface area contributed by atoms with Crippen molar-refractivity contribution >= 4 is 5.69 Å². The normalized spacial score (nSPS) is 19.7. The second kappa shape index (κ2) is 3.12. The molecule has 0 amide bonds. The molecule has 2 heteroatoms. The van der Waals surface area contributed by atoms with E-state index < -0.39 is 0 Å². The van der Waals surface area contributed by atoms with Crippen molar-refractivity contribution in [1.82, 2.24) is 0 Å². The van der Waals surface area contributed by atoms with Gasteiger partial charge in [0.05, 0.1) is 0 Å². The van der Waals surface area contributed by atoms with Gasteiger partial charge >= 0.3 is 0 Å². The van der Waals surface area contributed by atoms with Crippen LogP contribution in [-0.2, 0) is 0 Å². The first-order chi connectivity index (χ1) is 6.61. The van der Waals surface area contributed by atoms with Crippen LogP contribution in [0.2, 0.25) is 0 Å². The number of hydrogen-bond donors (Lipinski definition) is 1. The Morgan fingerprint density at radius 1 is 1.43 bits per heavy atom. The number of hydrogen-bond acceptors (Lipinski definition) is 1. The molecule has 0 saturated heterocycles. The Morgan fingerprint density at radius 2 is 2.14 bits per heavy atom. The van der Waals surface area contributed by atoms with Gasteiger partial charge in [0.15, 0.2) is 0 Å². The summed E-state index contributed by atoms with van der Waals surface area (Å²) in [5, 5.41) is 3.14. The maximum atomic E-state index is 13.6. The maximum Gasteiger partial charge on any atom is 0.129 e. The standard InChI is InChI=1S/C12H14FN/c1-7(2)11-8(3)14-10-6-4-5-9(13)12(10)11/h4-7,11,14H,3H2,1-2H3/t11-/m0/s1. The summed E-state index contributed by atoms with van der Waals surface area (Å²) >= 11 is 0. The number of halogens is 1. The minimum absolute atomic E-state index is 0.103. The highest BCUT2D eigenvalue weighted by molar-refractivity contribution is 5.65. The highest BCUT2D eigenvalue weighted by Gasteiger charge is 2.30. The molecule has 0 spiro atoms. The van der Waals surface area contributed by atoms with E-state index in [4.69, 9.17) is 0 Å². The Hall–Kier alpha value is -1.31. The summed E-state index contributed by atoms with van der Waals surface area (Å²) in [6.07, 6.45) is 0. The zero-order chi connectivity index (χ0) is 10.3. The van der Waals surface area contributed by atoms with Gasteiger partial charge in [0.1, 0.15) is 5.82 Å². The van der Waals surface area contributed by atoms with Gasteiger partial charge in [0.25, 0.3) is 0 Å². The van der Waals surface area contributed by atoms with Crippen LogP contribution in [-0.4, -0.2) is 0 Å². The van der Waals surface area contributed by atoms with Crippen molar-refractivity contribution in [2.75, 3.05) is 5.32 Å². The average Bonchev–Trinajstić information content (AvgIpc) is 2.42. The summed E-state index contributed by atoms with van der Waals surface area (Å²) in [7, 11) is 0. The highest BCUT2D eigenvalue weighted by atomic mass is 19.1. The molecule has 1 aromatic rings. The molecule has 1 aliphatic heterocycles. The largest absolute Gasteiger partial charge is 0.359 e. The van der Waals surface area contributed by atoms with Gasteiger partial charge in [-0.2, -0.15) is 0 Å². The Kier molecular flexibility index (Phi) is 2.06. The van der Waals surface area contributed by atoms with Gasteiger partial charge in [-0.25, -0.2) is 4.39 Å². The van der Waals surface area contributed by atoms with Crippen molar-refractivity contribution in [1.29, 1.82) is 0 Å². The molecule has 1 aliphatic rings. The second-order valence-electron chi connectivity index (χ2n) is 4.07. The summed E-state index contributed by atoms with van der Waals surface area (Å²) < 4.78 is 13.6. The lowest BCUT2D eigenvalue weighted by Crippen LogP contribution is -2.07. The lowest BCUT2D eigenvalue weighted by atomic mass is 9.88. The first-order valence-corrected chi connectivity index (χ1v) is 4.85. The number of allylic oxidation sites excluding steroid dienone is 1. The molecule has 0 bridgehead atoms. The summed E-state index contributed by atoms with van der Waals surface area (Å²) in [5.74, 6) is 0.340. The fourth-order valence-corrected chi connectivity index (χ4v) is 2.12. The Bertz CT molecular complexity index is 382. The van der Waals surface area contributed by atoms with E-state index in [-0.39, 0.29) is 11.7 Å². The van der Waals surface area contributed by atoms with Crippen molar-refractivity contribution in [3.63, 3.8) is 0 Å². The number of anilines is 1. The molecule has 0 saturated carbocycles. The fourth-order valence-electron chi connectivity index (χ4n) is 2.12. The topological polar surface area (TPSA) is 12.0 Å². The zero-order valence-corrected chi connectivity index (χ0v) is 8.47. The van der Waals surface area contributed by atoms with Crippen LogP contribution >= 0.6 is 0 Å². The van der Waals surface area contributed by atoms with Crippen LogP contribution in [0.4, 0.5) is 10.1 Å². The van der Waals surface area contributed by atoms with E-state index in [2.05, 4.69) is 25.7 Å². The summed E-state index contributed by atoms with van der Waals surface area (Å²) in [4.78, 5) is 0. The molecular formula is C12H14FN. The van der Waals surface area contributed by atoms with E-state index in [1.54, 1.807) is 6.07 Å². The maximum absolute atomic E-state index is 13.6. The zero-order valence-electron chi connectivity index (χ0n) is 8.47. The van der Waals surface area contributed by atoms with Gasteiger partial charge < -0.3 is 5.32 Å². The van der Waals surface area contributed by atoms with E-state index in [9.17, 15) is 4.39 Å². The first kappa shape index (κ1) is 9.25. The molecule has 0 radical (unpaired) electrons. The van der Waals surface area contributed by atoms with E-state index in [0.29, 0.717) is 5.92 Å². The molecule has 0 unspecified atom stereocenters. The molecular weight excluding hydrogens is 177 g/mol. The number of benzene rings is 1. The molecule has 74 valence electrons. The molecule has 14 heavy (non-hydrogen) atoms. The lowest BCUT2D eigenvalue weighted by molar-refractivity contribution is 0.532. The van der Waals surface area contributed by atoms with Crippen LogP contribution in [0.5, 0.6) is 0 Å². The molecule has 1 N–H and O–H groups in total. The smallest absolute Gasteiger partial charge is 0.129 e. The van der Waals surface area contributed by atoms with E-state index >= 15 is 0 Å². The predicted octanol–water partition coefficient (Wildman–Crippen LogP) is 3.50. The summed E-state index contributed by atoms with van der Waals surface area (Å²) in [6, 6.07) is 5.12. The van der Waals surface area contributed by atoms with E-state index in [0.717, 1.165) is 16.9 Å². The number of fused-ring (bicyclic) bond motifs is 1. The SMILES string of the molecule is C=C1Nc2cccc(F)c2[C@H]1C(C)C. The summed E-state index contributed by atoms with van der Waals surface area (Å²) in [6.45, 7) is 8.10.